The summed E-state index contributed by atoms with van der Waals surface area (Å²) >= 11 is 0. The zero-order valence-corrected chi connectivity index (χ0v) is 24.4. The Morgan fingerprint density at radius 1 is 0.738 bits per heavy atom. The minimum atomic E-state index is -0.531. The number of hydrogen-bond donors (Lipinski definition) is 0. The van der Waals surface area contributed by atoms with Crippen LogP contribution in [0.4, 0.5) is 0 Å². The second-order valence-electron chi connectivity index (χ2n) is 10.2. The largest absolute Gasteiger partial charge is 0.462 e. The maximum Gasteiger partial charge on any atom is 0.344 e. The van der Waals surface area contributed by atoms with E-state index < -0.39 is 23.5 Å². The van der Waals surface area contributed by atoms with Gasteiger partial charge in [0.05, 0.1) is 18.8 Å². The molecule has 0 radical (unpaired) electrons. The van der Waals surface area contributed by atoms with E-state index in [4.69, 9.17) is 18.6 Å². The molecule has 3 aromatic rings. The first-order chi connectivity index (χ1) is 20.0. The molecular weight excluding hydrogens is 536 g/mol. The van der Waals surface area contributed by atoms with Crippen molar-refractivity contribution in [1.29, 1.82) is 0 Å². The highest BCUT2D eigenvalue weighted by atomic mass is 16.5. The Hall–Kier alpha value is -4.72. The van der Waals surface area contributed by atoms with Gasteiger partial charge < -0.3 is 18.6 Å². The molecule has 0 fully saturated rings. The molecule has 0 aliphatic rings. The van der Waals surface area contributed by atoms with Crippen LogP contribution in [0.3, 0.4) is 0 Å². The molecule has 0 spiro atoms. The Morgan fingerprint density at radius 2 is 1.33 bits per heavy atom. The number of unbranched alkanes of at least 4 members (excludes halogenated alkanes) is 1. The molecule has 1 heterocycles. The van der Waals surface area contributed by atoms with E-state index in [1.165, 1.54) is 0 Å². The summed E-state index contributed by atoms with van der Waals surface area (Å²) in [5, 5.41) is 0.752. The van der Waals surface area contributed by atoms with Gasteiger partial charge in [-0.2, -0.15) is 0 Å². The molecule has 8 nitrogen and oxygen atoms in total. The lowest BCUT2D eigenvalue weighted by molar-refractivity contribution is -0.139. The third-order valence-electron chi connectivity index (χ3n) is 6.31. The minimum absolute atomic E-state index is 0.204. The number of ether oxygens (including phenoxy) is 3. The Bertz CT molecular complexity index is 1570. The van der Waals surface area contributed by atoms with Gasteiger partial charge in [0.2, 0.25) is 0 Å². The lowest BCUT2D eigenvalue weighted by atomic mass is 9.97. The van der Waals surface area contributed by atoms with Gasteiger partial charge in [0, 0.05) is 22.1 Å². The van der Waals surface area contributed by atoms with Gasteiger partial charge in [-0.15, -0.1) is 0 Å². The summed E-state index contributed by atoms with van der Waals surface area (Å²) in [7, 11) is 0. The van der Waals surface area contributed by atoms with Crippen LogP contribution in [0.15, 0.2) is 88.1 Å². The van der Waals surface area contributed by atoms with Crippen LogP contribution in [0, 0.1) is 0 Å². The van der Waals surface area contributed by atoms with Crippen molar-refractivity contribution in [1.82, 2.24) is 0 Å². The number of aryl methyl sites for hydroxylation is 2. The van der Waals surface area contributed by atoms with Gasteiger partial charge in [-0.1, -0.05) is 37.9 Å². The molecule has 1 aromatic heterocycles. The van der Waals surface area contributed by atoms with Crippen molar-refractivity contribution in [2.75, 3.05) is 13.2 Å². The average molecular weight is 573 g/mol. The van der Waals surface area contributed by atoms with E-state index in [2.05, 4.69) is 19.7 Å². The molecule has 2 aromatic carbocycles. The molecule has 0 N–H and O–H groups in total. The van der Waals surface area contributed by atoms with E-state index in [9.17, 15) is 19.2 Å². The number of esters is 3. The third-order valence-corrected chi connectivity index (χ3v) is 6.31. The number of hydrogen-bond acceptors (Lipinski definition) is 8. The van der Waals surface area contributed by atoms with Gasteiger partial charge in [-0.25, -0.2) is 19.2 Å². The lowest BCUT2D eigenvalue weighted by Crippen LogP contribution is -2.08. The van der Waals surface area contributed by atoms with Crippen molar-refractivity contribution in [2.24, 2.45) is 0 Å². The van der Waals surface area contributed by atoms with Crippen molar-refractivity contribution in [3.05, 3.63) is 100 Å². The number of benzene rings is 2. The minimum Gasteiger partial charge on any atom is -0.462 e. The second-order valence-corrected chi connectivity index (χ2v) is 10.2. The maximum atomic E-state index is 13.1. The molecule has 3 rings (SSSR count). The summed E-state index contributed by atoms with van der Waals surface area (Å²) in [6, 6.07) is 12.4. The van der Waals surface area contributed by atoms with Crippen molar-refractivity contribution in [3.8, 4) is 16.9 Å². The molecule has 0 atom stereocenters. The molecule has 0 aliphatic carbocycles. The molecule has 42 heavy (non-hydrogen) atoms. The quantitative estimate of drug-likeness (QED) is 0.0714. The lowest BCUT2D eigenvalue weighted by Gasteiger charge is -2.12. The summed E-state index contributed by atoms with van der Waals surface area (Å²) < 4.78 is 21.5. The smallest absolute Gasteiger partial charge is 0.344 e. The van der Waals surface area contributed by atoms with Crippen LogP contribution in [-0.4, -0.2) is 31.1 Å². The first kappa shape index (κ1) is 31.8. The number of carbonyl (C=O) groups excluding carboxylic acids is 3. The van der Waals surface area contributed by atoms with Crippen LogP contribution in [-0.2, 0) is 36.7 Å². The average Bonchev–Trinajstić information content (AvgIpc) is 2.95. The fourth-order valence-electron chi connectivity index (χ4n) is 4.07. The maximum absolute atomic E-state index is 13.1. The van der Waals surface area contributed by atoms with E-state index in [1.54, 1.807) is 51.1 Å². The second kappa shape index (κ2) is 14.8. The third kappa shape index (κ3) is 8.89. The summed E-state index contributed by atoms with van der Waals surface area (Å²) in [6.45, 7) is 16.0. The highest BCUT2D eigenvalue weighted by Crippen LogP contribution is 2.28. The topological polar surface area (TPSA) is 109 Å². The van der Waals surface area contributed by atoms with Gasteiger partial charge in [0.15, 0.2) is 0 Å². The molecule has 8 heteroatoms. The standard InChI is InChI=1S/C34H36O8/c1-21(2)31(35)39-16-8-7-10-24-18-26(11-9-17-40-32(36)22(3)4)30-27(19-24)20-29(34(38)42-30)25-12-14-28(15-13-25)41-33(37)23(5)6/h12-15,18-20H,1,3,5,7-11,16-17H2,2,4,6H3. The fraction of sp³-hybridized carbons (Fsp3) is 0.294. The highest BCUT2D eigenvalue weighted by molar-refractivity contribution is 5.89. The van der Waals surface area contributed by atoms with E-state index in [-0.39, 0.29) is 12.2 Å². The van der Waals surface area contributed by atoms with Crippen LogP contribution in [0.25, 0.3) is 22.1 Å². The summed E-state index contributed by atoms with van der Waals surface area (Å²) in [4.78, 5) is 48.3. The van der Waals surface area contributed by atoms with Crippen LogP contribution in [0.5, 0.6) is 5.75 Å². The number of fused-ring (bicyclic) bond motifs is 1. The fourth-order valence-corrected chi connectivity index (χ4v) is 4.07. The predicted molar refractivity (Wildman–Crippen MR) is 161 cm³/mol. The molecule has 0 saturated heterocycles. The van der Waals surface area contributed by atoms with Gasteiger partial charge in [-0.05, 0) is 93.8 Å². The number of carbonyl (C=O) groups is 3. The van der Waals surface area contributed by atoms with Gasteiger partial charge in [0.25, 0.3) is 0 Å². The van der Waals surface area contributed by atoms with Crippen LogP contribution >= 0.6 is 0 Å². The molecule has 0 unspecified atom stereocenters. The van der Waals surface area contributed by atoms with Gasteiger partial charge >= 0.3 is 23.5 Å². The zero-order chi connectivity index (χ0) is 30.8. The normalized spacial score (nSPS) is 10.6. The first-order valence-electron chi connectivity index (χ1n) is 13.7. The Balaban J connectivity index is 1.86. The Labute approximate surface area is 245 Å². The van der Waals surface area contributed by atoms with E-state index in [1.807, 2.05) is 12.1 Å². The SMILES string of the molecule is C=C(C)C(=O)OCCCCc1cc(CCCOC(=O)C(=C)C)c2oc(=O)c(-c3ccc(OC(=O)C(=C)C)cc3)cc2c1. The monoisotopic (exact) mass is 572 g/mol. The predicted octanol–water partition coefficient (Wildman–Crippen LogP) is 6.44. The van der Waals surface area contributed by atoms with Crippen molar-refractivity contribution < 1.29 is 33.0 Å². The van der Waals surface area contributed by atoms with Crippen molar-refractivity contribution >= 4 is 28.9 Å². The number of rotatable bonds is 14. The highest BCUT2D eigenvalue weighted by Gasteiger charge is 2.14. The van der Waals surface area contributed by atoms with E-state index >= 15 is 0 Å². The van der Waals surface area contributed by atoms with Crippen molar-refractivity contribution in [3.63, 3.8) is 0 Å². The Kier molecular flexibility index (Phi) is 11.2. The van der Waals surface area contributed by atoms with Gasteiger partial charge in [0.1, 0.15) is 11.3 Å². The van der Waals surface area contributed by atoms with Crippen molar-refractivity contribution in [2.45, 2.75) is 52.9 Å². The molecule has 0 bridgehead atoms. The summed E-state index contributed by atoms with van der Waals surface area (Å²) in [5.74, 6) is -1.04. The van der Waals surface area contributed by atoms with E-state index in [0.29, 0.717) is 59.5 Å². The molecule has 0 aliphatic heterocycles. The molecule has 0 saturated carbocycles. The summed E-state index contributed by atoms with van der Waals surface area (Å²) in [6.07, 6.45) is 3.23. The molecule has 0 amide bonds. The molecular formula is C34H36O8. The zero-order valence-electron chi connectivity index (χ0n) is 24.4. The van der Waals surface area contributed by atoms with Crippen LogP contribution in [0.2, 0.25) is 0 Å². The van der Waals surface area contributed by atoms with E-state index in [0.717, 1.165) is 29.4 Å². The van der Waals surface area contributed by atoms with Crippen LogP contribution < -0.4 is 10.4 Å². The summed E-state index contributed by atoms with van der Waals surface area (Å²) in [5.41, 5.74) is 3.78. The molecule has 220 valence electrons. The first-order valence-corrected chi connectivity index (χ1v) is 13.7. The Morgan fingerprint density at radius 3 is 1.93 bits per heavy atom. The van der Waals surface area contributed by atoms with Gasteiger partial charge in [-0.3, -0.25) is 0 Å². The van der Waals surface area contributed by atoms with Crippen LogP contribution in [0.1, 0.15) is 51.2 Å².